The third-order valence-corrected chi connectivity index (χ3v) is 5.72. The van der Waals surface area contributed by atoms with Crippen LogP contribution in [0.4, 0.5) is 10.2 Å². The molecule has 1 atom stereocenters. The van der Waals surface area contributed by atoms with Gasteiger partial charge in [-0.1, -0.05) is 54.6 Å². The van der Waals surface area contributed by atoms with Crippen molar-refractivity contribution in [3.63, 3.8) is 0 Å². The molecule has 7 heteroatoms. The Labute approximate surface area is 189 Å². The summed E-state index contributed by atoms with van der Waals surface area (Å²) >= 11 is 0. The van der Waals surface area contributed by atoms with Gasteiger partial charge in [0.25, 0.3) is 5.91 Å². The van der Waals surface area contributed by atoms with Gasteiger partial charge in [0.1, 0.15) is 22.7 Å². The van der Waals surface area contributed by atoms with Crippen molar-refractivity contribution in [1.29, 1.82) is 0 Å². The summed E-state index contributed by atoms with van der Waals surface area (Å²) in [6.07, 6.45) is 0. The summed E-state index contributed by atoms with van der Waals surface area (Å²) in [4.78, 5) is 22.9. The average molecular weight is 439 g/mol. The zero-order valence-electron chi connectivity index (χ0n) is 18.0. The van der Waals surface area contributed by atoms with Gasteiger partial charge in [0.05, 0.1) is 23.6 Å². The highest BCUT2D eigenvalue weighted by atomic mass is 19.1. The van der Waals surface area contributed by atoms with Gasteiger partial charge < -0.3 is 15.6 Å². The number of aromatic nitrogens is 3. The first-order valence-electron chi connectivity index (χ1n) is 10.7. The van der Waals surface area contributed by atoms with Crippen LogP contribution in [0.1, 0.15) is 34.5 Å². The van der Waals surface area contributed by atoms with Crippen molar-refractivity contribution in [2.45, 2.75) is 19.5 Å². The predicted molar refractivity (Wildman–Crippen MR) is 127 cm³/mol. The van der Waals surface area contributed by atoms with Gasteiger partial charge in [0.2, 0.25) is 0 Å². The second kappa shape index (κ2) is 8.35. The number of nitrogens with one attached hydrogen (secondary N) is 1. The fraction of sp³-hybridized carbons (Fsp3) is 0.115. The fourth-order valence-electron chi connectivity index (χ4n) is 3.97. The lowest BCUT2D eigenvalue weighted by Crippen LogP contribution is -2.27. The molecule has 3 aromatic carbocycles. The van der Waals surface area contributed by atoms with Gasteiger partial charge in [0, 0.05) is 0 Å². The van der Waals surface area contributed by atoms with Gasteiger partial charge in [-0.2, -0.15) is 0 Å². The van der Waals surface area contributed by atoms with E-state index >= 15 is 0 Å². The SMILES string of the molecule is CC(NC(=O)c1c(N)n(Cc2ccc(F)cc2)c2nc3ccccc3nc12)c1ccccc1. The van der Waals surface area contributed by atoms with Gasteiger partial charge in [-0.25, -0.2) is 14.4 Å². The molecule has 0 aliphatic carbocycles. The number of halogens is 1. The number of benzene rings is 3. The van der Waals surface area contributed by atoms with Gasteiger partial charge in [-0.05, 0) is 42.3 Å². The maximum Gasteiger partial charge on any atom is 0.257 e. The Hall–Kier alpha value is -4.26. The monoisotopic (exact) mass is 439 g/mol. The maximum atomic E-state index is 13.4. The number of fused-ring (bicyclic) bond motifs is 2. The minimum atomic E-state index is -0.323. The molecule has 2 aromatic heterocycles. The van der Waals surface area contributed by atoms with Crippen molar-refractivity contribution in [3.8, 4) is 0 Å². The van der Waals surface area contributed by atoms with Crippen LogP contribution in [-0.4, -0.2) is 20.4 Å². The van der Waals surface area contributed by atoms with Crippen LogP contribution < -0.4 is 11.1 Å². The van der Waals surface area contributed by atoms with Crippen molar-refractivity contribution in [2.24, 2.45) is 0 Å². The molecular weight excluding hydrogens is 417 g/mol. The molecule has 2 heterocycles. The zero-order chi connectivity index (χ0) is 22.9. The molecule has 0 saturated heterocycles. The Bertz CT molecular complexity index is 1460. The van der Waals surface area contributed by atoms with Gasteiger partial charge in [-0.3, -0.25) is 4.79 Å². The van der Waals surface area contributed by atoms with E-state index in [1.54, 1.807) is 16.7 Å². The van der Waals surface area contributed by atoms with Gasteiger partial charge in [-0.15, -0.1) is 0 Å². The van der Waals surface area contributed by atoms with E-state index < -0.39 is 0 Å². The summed E-state index contributed by atoms with van der Waals surface area (Å²) in [6, 6.07) is 23.1. The largest absolute Gasteiger partial charge is 0.384 e. The average Bonchev–Trinajstić information content (AvgIpc) is 3.09. The normalized spacial score (nSPS) is 12.2. The van der Waals surface area contributed by atoms with Gasteiger partial charge in [0.15, 0.2) is 5.65 Å². The second-order valence-electron chi connectivity index (χ2n) is 7.96. The van der Waals surface area contributed by atoms with Crippen LogP contribution >= 0.6 is 0 Å². The summed E-state index contributed by atoms with van der Waals surface area (Å²) in [5.74, 6) is -0.372. The van der Waals surface area contributed by atoms with Crippen molar-refractivity contribution < 1.29 is 9.18 Å². The number of carbonyl (C=O) groups excluding carboxylic acids is 1. The van der Waals surface area contributed by atoms with Crippen LogP contribution in [0, 0.1) is 5.82 Å². The van der Waals surface area contributed by atoms with E-state index in [1.165, 1.54) is 12.1 Å². The summed E-state index contributed by atoms with van der Waals surface area (Å²) < 4.78 is 15.2. The Morgan fingerprint density at radius 2 is 1.61 bits per heavy atom. The topological polar surface area (TPSA) is 85.8 Å². The van der Waals surface area contributed by atoms with Crippen molar-refractivity contribution in [2.75, 3.05) is 5.73 Å². The molecule has 0 bridgehead atoms. The quantitative estimate of drug-likeness (QED) is 0.410. The third kappa shape index (κ3) is 3.89. The minimum absolute atomic E-state index is 0.220. The third-order valence-electron chi connectivity index (χ3n) is 5.72. The van der Waals surface area contributed by atoms with Crippen LogP contribution in [0.3, 0.4) is 0 Å². The summed E-state index contributed by atoms with van der Waals surface area (Å²) in [7, 11) is 0. The van der Waals surface area contributed by atoms with Crippen molar-refractivity contribution >= 4 is 33.9 Å². The number of hydrogen-bond donors (Lipinski definition) is 2. The van der Waals surface area contributed by atoms with E-state index in [0.29, 0.717) is 28.7 Å². The predicted octanol–water partition coefficient (Wildman–Crippen LogP) is 4.85. The van der Waals surface area contributed by atoms with E-state index in [1.807, 2.05) is 61.5 Å². The number of nitrogen functional groups attached to an aromatic ring is 1. The number of nitrogens with zero attached hydrogens (tertiary/aromatic N) is 3. The lowest BCUT2D eigenvalue weighted by Gasteiger charge is -2.14. The Kier molecular flexibility index (Phi) is 5.22. The van der Waals surface area contributed by atoms with Crippen LogP contribution in [0.25, 0.3) is 22.2 Å². The first-order valence-corrected chi connectivity index (χ1v) is 10.7. The molecule has 0 fully saturated rings. The molecule has 0 radical (unpaired) electrons. The standard InChI is InChI=1S/C26H22FN5O/c1-16(18-7-3-2-4-8-18)29-26(33)22-23-25(31-21-10-6-5-9-20(21)30-23)32(24(22)28)15-17-11-13-19(27)14-12-17/h2-14,16H,15,28H2,1H3,(H,29,33). The number of rotatable bonds is 5. The summed E-state index contributed by atoms with van der Waals surface area (Å²) in [6.45, 7) is 2.25. The molecule has 164 valence electrons. The maximum absolute atomic E-state index is 13.4. The van der Waals surface area contributed by atoms with E-state index in [0.717, 1.165) is 11.1 Å². The number of nitrogens with two attached hydrogens (primary N) is 1. The summed E-state index contributed by atoms with van der Waals surface area (Å²) in [5.41, 5.74) is 10.9. The van der Waals surface area contributed by atoms with E-state index in [-0.39, 0.29) is 29.1 Å². The Morgan fingerprint density at radius 3 is 2.30 bits per heavy atom. The second-order valence-corrected chi connectivity index (χ2v) is 7.96. The molecule has 1 unspecified atom stereocenters. The fourth-order valence-corrected chi connectivity index (χ4v) is 3.97. The van der Waals surface area contributed by atoms with Crippen LogP contribution in [-0.2, 0) is 6.54 Å². The first-order chi connectivity index (χ1) is 16.0. The smallest absolute Gasteiger partial charge is 0.257 e. The first kappa shape index (κ1) is 20.6. The molecule has 0 spiro atoms. The highest BCUT2D eigenvalue weighted by Crippen LogP contribution is 2.29. The minimum Gasteiger partial charge on any atom is -0.384 e. The van der Waals surface area contributed by atoms with Crippen LogP contribution in [0.2, 0.25) is 0 Å². The van der Waals surface area contributed by atoms with Crippen LogP contribution in [0.15, 0.2) is 78.9 Å². The van der Waals surface area contributed by atoms with E-state index in [2.05, 4.69) is 5.32 Å². The number of hydrogen-bond acceptors (Lipinski definition) is 4. The van der Waals surface area contributed by atoms with Gasteiger partial charge >= 0.3 is 0 Å². The number of amides is 1. The van der Waals surface area contributed by atoms with Crippen molar-refractivity contribution in [3.05, 3.63) is 101 Å². The van der Waals surface area contributed by atoms with E-state index in [9.17, 15) is 9.18 Å². The molecule has 5 aromatic rings. The highest BCUT2D eigenvalue weighted by Gasteiger charge is 2.25. The highest BCUT2D eigenvalue weighted by molar-refractivity contribution is 6.10. The molecule has 3 N–H and O–H groups in total. The lowest BCUT2D eigenvalue weighted by atomic mass is 10.1. The molecule has 0 saturated carbocycles. The Balaban J connectivity index is 1.62. The molecule has 6 nitrogen and oxygen atoms in total. The Morgan fingerprint density at radius 1 is 0.970 bits per heavy atom. The number of para-hydroxylation sites is 2. The molecule has 0 aliphatic rings. The molecule has 0 aliphatic heterocycles. The molecular formula is C26H22FN5O. The number of carbonyl (C=O) groups is 1. The molecule has 5 rings (SSSR count). The van der Waals surface area contributed by atoms with E-state index in [4.69, 9.17) is 15.7 Å². The van der Waals surface area contributed by atoms with Crippen LogP contribution in [0.5, 0.6) is 0 Å². The molecule has 1 amide bonds. The van der Waals surface area contributed by atoms with Crippen molar-refractivity contribution in [1.82, 2.24) is 19.9 Å². The number of anilines is 1. The zero-order valence-corrected chi connectivity index (χ0v) is 18.0. The lowest BCUT2D eigenvalue weighted by molar-refractivity contribution is 0.0942. The molecule has 33 heavy (non-hydrogen) atoms. The summed E-state index contributed by atoms with van der Waals surface area (Å²) in [5, 5.41) is 3.03.